The van der Waals surface area contributed by atoms with E-state index < -0.39 is 0 Å². The molecule has 0 aliphatic heterocycles. The van der Waals surface area contributed by atoms with Gasteiger partial charge >= 0.3 is 5.97 Å². The number of fused-ring (bicyclic) bond motifs is 1. The lowest BCUT2D eigenvalue weighted by Gasteiger charge is -2.22. The molecule has 1 fully saturated rings. The van der Waals surface area contributed by atoms with Gasteiger partial charge in [-0.1, -0.05) is 61.7 Å². The Labute approximate surface area is 223 Å². The van der Waals surface area contributed by atoms with Crippen LogP contribution in [0.15, 0.2) is 66.7 Å². The van der Waals surface area contributed by atoms with Crippen molar-refractivity contribution in [2.75, 3.05) is 6.61 Å². The van der Waals surface area contributed by atoms with Crippen molar-refractivity contribution in [3.8, 4) is 16.9 Å². The van der Waals surface area contributed by atoms with Gasteiger partial charge in [-0.2, -0.15) is 5.10 Å². The highest BCUT2D eigenvalue weighted by Gasteiger charge is 2.21. The number of ether oxygens (including phenoxy) is 2. The van der Waals surface area contributed by atoms with Gasteiger partial charge in [0.1, 0.15) is 23.9 Å². The number of rotatable bonds is 9. The van der Waals surface area contributed by atoms with E-state index in [1.807, 2.05) is 48.5 Å². The molecular weight excluding hydrogens is 476 g/mol. The maximum atomic E-state index is 12.1. The highest BCUT2D eigenvalue weighted by Crippen LogP contribution is 2.34. The van der Waals surface area contributed by atoms with Crippen molar-refractivity contribution in [2.45, 2.75) is 58.1 Å². The minimum Gasteiger partial charge on any atom is -0.487 e. The molecule has 1 aliphatic rings. The second-order valence-electron chi connectivity index (χ2n) is 9.79. The van der Waals surface area contributed by atoms with Crippen LogP contribution in [0.5, 0.6) is 5.75 Å². The minimum absolute atomic E-state index is 0.0496. The zero-order valence-electron chi connectivity index (χ0n) is 21.8. The van der Waals surface area contributed by atoms with Gasteiger partial charge in [-0.3, -0.25) is 14.9 Å². The number of esters is 1. The van der Waals surface area contributed by atoms with E-state index in [1.165, 1.54) is 19.3 Å². The van der Waals surface area contributed by atoms with Gasteiger partial charge in [0.05, 0.1) is 24.6 Å². The molecule has 0 atom stereocenters. The molecule has 0 bridgehead atoms. The number of nitrogens with zero attached hydrogens (tertiary/aromatic N) is 2. The first-order valence-corrected chi connectivity index (χ1v) is 13.4. The van der Waals surface area contributed by atoms with E-state index in [4.69, 9.17) is 25.7 Å². The number of nitrogens with one attached hydrogen (secondary N) is 1. The first kappa shape index (κ1) is 25.5. The summed E-state index contributed by atoms with van der Waals surface area (Å²) in [5.41, 5.74) is 11.2. The molecule has 0 unspecified atom stereocenters. The summed E-state index contributed by atoms with van der Waals surface area (Å²) < 4.78 is 13.6. The van der Waals surface area contributed by atoms with Gasteiger partial charge in [0, 0.05) is 16.5 Å². The number of nitrogens with two attached hydrogens (primary N) is 1. The molecule has 7 heteroatoms. The largest absolute Gasteiger partial charge is 0.487 e. The normalized spacial score (nSPS) is 13.9. The van der Waals surface area contributed by atoms with Crippen LogP contribution in [0.4, 0.5) is 0 Å². The van der Waals surface area contributed by atoms with Gasteiger partial charge in [0.2, 0.25) is 0 Å². The molecule has 196 valence electrons. The van der Waals surface area contributed by atoms with Crippen LogP contribution in [-0.4, -0.2) is 28.2 Å². The molecule has 0 amide bonds. The highest BCUT2D eigenvalue weighted by molar-refractivity contribution is 5.96. The van der Waals surface area contributed by atoms with Crippen molar-refractivity contribution < 1.29 is 14.3 Å². The van der Waals surface area contributed by atoms with Crippen LogP contribution in [-0.2, 0) is 22.6 Å². The van der Waals surface area contributed by atoms with E-state index >= 15 is 0 Å². The molecule has 5 rings (SSSR count). The third-order valence-electron chi connectivity index (χ3n) is 7.19. The maximum absolute atomic E-state index is 12.1. The summed E-state index contributed by atoms with van der Waals surface area (Å²) in [6.07, 6.45) is 6.13. The first-order valence-electron chi connectivity index (χ1n) is 13.4. The van der Waals surface area contributed by atoms with Crippen LogP contribution in [0, 0.1) is 5.41 Å². The van der Waals surface area contributed by atoms with Crippen LogP contribution < -0.4 is 10.5 Å². The summed E-state index contributed by atoms with van der Waals surface area (Å²) in [5.74, 6) is 0.438. The summed E-state index contributed by atoms with van der Waals surface area (Å²) >= 11 is 0. The van der Waals surface area contributed by atoms with Crippen LogP contribution in [0.2, 0.25) is 0 Å². The first-order chi connectivity index (χ1) is 18.5. The Bertz CT molecular complexity index is 1450. The maximum Gasteiger partial charge on any atom is 0.310 e. The lowest BCUT2D eigenvalue weighted by atomic mass is 9.95. The molecule has 4 aromatic rings. The second kappa shape index (κ2) is 11.5. The van der Waals surface area contributed by atoms with E-state index in [-0.39, 0.29) is 24.8 Å². The summed E-state index contributed by atoms with van der Waals surface area (Å²) in [6.45, 7) is 2.44. The summed E-state index contributed by atoms with van der Waals surface area (Å²) in [5, 5.41) is 13.9. The number of para-hydroxylation sites is 1. The van der Waals surface area contributed by atoms with Crippen LogP contribution in [0.3, 0.4) is 0 Å². The van der Waals surface area contributed by atoms with Crippen molar-refractivity contribution >= 4 is 22.7 Å². The van der Waals surface area contributed by atoms with Crippen molar-refractivity contribution in [1.82, 2.24) is 9.78 Å². The van der Waals surface area contributed by atoms with Gasteiger partial charge in [0.25, 0.3) is 0 Å². The molecule has 3 aromatic carbocycles. The number of carbonyl (C=O) groups excluding carboxylic acids is 1. The molecule has 1 heterocycles. The smallest absolute Gasteiger partial charge is 0.310 e. The molecule has 3 N–H and O–H groups in total. The average molecular weight is 511 g/mol. The van der Waals surface area contributed by atoms with E-state index in [9.17, 15) is 4.79 Å². The van der Waals surface area contributed by atoms with Crippen molar-refractivity contribution in [3.63, 3.8) is 0 Å². The minimum atomic E-state index is -0.270. The molecular formula is C31H34N4O3. The van der Waals surface area contributed by atoms with Gasteiger partial charge in [-0.05, 0) is 55.2 Å². The lowest BCUT2D eigenvalue weighted by molar-refractivity contribution is -0.142. The molecule has 0 spiro atoms. The van der Waals surface area contributed by atoms with Crippen molar-refractivity contribution in [2.24, 2.45) is 5.73 Å². The van der Waals surface area contributed by atoms with Crippen LogP contribution in [0.1, 0.15) is 61.9 Å². The number of carbonyl (C=O) groups is 1. The summed E-state index contributed by atoms with van der Waals surface area (Å²) in [7, 11) is 0. The van der Waals surface area contributed by atoms with E-state index in [0.717, 1.165) is 46.1 Å². The Kier molecular flexibility index (Phi) is 7.73. The molecule has 0 saturated heterocycles. The SMILES string of the molecule is CCOC(=O)Cc1ccccc1OCc1nn(C2CCCCC2)c2ccc(-c3cccc(C(=N)N)c3)cc12. The predicted molar refractivity (Wildman–Crippen MR) is 149 cm³/mol. The number of nitrogen functional groups attached to an aromatic ring is 1. The number of hydrogen-bond donors (Lipinski definition) is 2. The second-order valence-corrected chi connectivity index (χ2v) is 9.79. The van der Waals surface area contributed by atoms with Crippen LogP contribution >= 0.6 is 0 Å². The molecule has 7 nitrogen and oxygen atoms in total. The zero-order valence-corrected chi connectivity index (χ0v) is 21.8. The lowest BCUT2D eigenvalue weighted by Crippen LogP contribution is -2.14. The summed E-state index contributed by atoms with van der Waals surface area (Å²) in [4.78, 5) is 12.1. The van der Waals surface area contributed by atoms with E-state index in [0.29, 0.717) is 24.0 Å². The topological polar surface area (TPSA) is 103 Å². The molecule has 0 radical (unpaired) electrons. The number of aromatic nitrogens is 2. The predicted octanol–water partition coefficient (Wildman–Crippen LogP) is 6.18. The summed E-state index contributed by atoms with van der Waals surface area (Å²) in [6, 6.07) is 22.1. The fraction of sp³-hybridized carbons (Fsp3) is 0.323. The van der Waals surface area contributed by atoms with Gasteiger partial charge in [-0.25, -0.2) is 0 Å². The van der Waals surface area contributed by atoms with Crippen LogP contribution in [0.25, 0.3) is 22.0 Å². The fourth-order valence-corrected chi connectivity index (χ4v) is 5.27. The van der Waals surface area contributed by atoms with Gasteiger partial charge < -0.3 is 15.2 Å². The fourth-order valence-electron chi connectivity index (χ4n) is 5.27. The Morgan fingerprint density at radius 1 is 1.03 bits per heavy atom. The molecule has 1 aromatic heterocycles. The highest BCUT2D eigenvalue weighted by atomic mass is 16.5. The number of benzene rings is 3. The standard InChI is InChI=1S/C31H34N4O3/c1-2-37-30(36)19-23-9-6-7-14-29(23)38-20-27-26-18-22(21-10-8-11-24(17-21)31(32)33)15-16-28(26)35(34-27)25-12-4-3-5-13-25/h6-11,14-18,25H,2-5,12-13,19-20H2,1H3,(H3,32,33). The molecule has 38 heavy (non-hydrogen) atoms. The van der Waals surface area contributed by atoms with E-state index in [2.05, 4.69) is 22.9 Å². The number of hydrogen-bond acceptors (Lipinski definition) is 5. The van der Waals surface area contributed by atoms with Gasteiger partial charge in [0.15, 0.2) is 0 Å². The van der Waals surface area contributed by atoms with Crippen molar-refractivity contribution in [1.29, 1.82) is 5.41 Å². The zero-order chi connectivity index (χ0) is 26.5. The molecule has 1 saturated carbocycles. The number of amidine groups is 1. The Hall–Kier alpha value is -4.13. The average Bonchev–Trinajstić information content (AvgIpc) is 3.31. The van der Waals surface area contributed by atoms with Gasteiger partial charge in [-0.15, -0.1) is 0 Å². The van der Waals surface area contributed by atoms with E-state index in [1.54, 1.807) is 6.92 Å². The Morgan fingerprint density at radius 3 is 2.61 bits per heavy atom. The Balaban J connectivity index is 1.50. The third-order valence-corrected chi connectivity index (χ3v) is 7.19. The van der Waals surface area contributed by atoms with Crippen molar-refractivity contribution in [3.05, 3.63) is 83.6 Å². The molecule has 1 aliphatic carbocycles. The third kappa shape index (κ3) is 5.57. The Morgan fingerprint density at radius 2 is 1.82 bits per heavy atom. The quantitative estimate of drug-likeness (QED) is 0.159. The monoisotopic (exact) mass is 510 g/mol.